The largest absolute Gasteiger partial charge is 0.414 e. The minimum absolute atomic E-state index is 0.0407. The molecule has 0 aliphatic carbocycles. The second-order valence-corrected chi connectivity index (χ2v) is 16.5. The fraction of sp³-hybridized carbons (Fsp3) is 0.464. The molecule has 3 aromatic rings. The molecule has 0 amide bonds. The number of aromatic nitrogens is 2. The van der Waals surface area contributed by atoms with E-state index in [2.05, 4.69) is 87.4 Å². The summed E-state index contributed by atoms with van der Waals surface area (Å²) in [5.41, 5.74) is 4.24. The molecule has 1 fully saturated rings. The van der Waals surface area contributed by atoms with Crippen molar-refractivity contribution < 1.29 is 13.9 Å². The molecule has 4 rings (SSSR count). The van der Waals surface area contributed by atoms with Gasteiger partial charge in [0.15, 0.2) is 19.8 Å². The van der Waals surface area contributed by atoms with Crippen molar-refractivity contribution in [2.45, 2.75) is 75.4 Å². The smallest absolute Gasteiger partial charge is 0.192 e. The van der Waals surface area contributed by atoms with E-state index in [9.17, 15) is 0 Å². The van der Waals surface area contributed by atoms with Crippen LogP contribution >= 0.6 is 11.8 Å². The van der Waals surface area contributed by atoms with E-state index in [1.54, 1.807) is 18.9 Å². The molecule has 0 unspecified atom stereocenters. The van der Waals surface area contributed by atoms with Crippen LogP contribution in [0, 0.1) is 0 Å². The number of methoxy groups -OCH3 is 1. The molecule has 188 valence electrons. The Labute approximate surface area is 215 Å². The zero-order valence-corrected chi connectivity index (χ0v) is 23.5. The monoisotopic (exact) mass is 510 g/mol. The zero-order valence-electron chi connectivity index (χ0n) is 21.7. The van der Waals surface area contributed by atoms with Gasteiger partial charge in [-0.3, -0.25) is 0 Å². The molecule has 2 heterocycles. The van der Waals surface area contributed by atoms with E-state index in [-0.39, 0.29) is 23.5 Å². The van der Waals surface area contributed by atoms with E-state index < -0.39 is 8.32 Å². The Morgan fingerprint density at radius 3 is 2.23 bits per heavy atom. The number of benzene rings is 2. The molecule has 2 aromatic carbocycles. The molecule has 0 saturated carbocycles. The van der Waals surface area contributed by atoms with Crippen LogP contribution in [0.3, 0.4) is 0 Å². The van der Waals surface area contributed by atoms with Gasteiger partial charge in [-0.15, -0.1) is 0 Å². The van der Waals surface area contributed by atoms with Gasteiger partial charge in [0.2, 0.25) is 0 Å². The predicted octanol–water partition coefficient (Wildman–Crippen LogP) is 7.38. The highest BCUT2D eigenvalue weighted by atomic mass is 32.2. The van der Waals surface area contributed by atoms with E-state index >= 15 is 0 Å². The third-order valence-corrected chi connectivity index (χ3v) is 12.6. The summed E-state index contributed by atoms with van der Waals surface area (Å²) in [5, 5.41) is 1.07. The molecule has 1 N–H and O–H groups in total. The Morgan fingerprint density at radius 2 is 1.63 bits per heavy atom. The molecule has 35 heavy (non-hydrogen) atoms. The third kappa shape index (κ3) is 6.46. The van der Waals surface area contributed by atoms with Gasteiger partial charge in [0, 0.05) is 30.4 Å². The van der Waals surface area contributed by atoms with Crippen LogP contribution in [0.4, 0.5) is 0 Å². The molecule has 0 spiro atoms. The van der Waals surface area contributed by atoms with Gasteiger partial charge in [0.25, 0.3) is 0 Å². The summed E-state index contributed by atoms with van der Waals surface area (Å²) in [6.45, 7) is 11.5. The van der Waals surface area contributed by atoms with Gasteiger partial charge < -0.3 is 18.9 Å². The molecule has 1 aliphatic rings. The molecule has 1 aromatic heterocycles. The third-order valence-electron chi connectivity index (χ3n) is 7.05. The van der Waals surface area contributed by atoms with Crippen LogP contribution in [0.2, 0.25) is 18.1 Å². The highest BCUT2D eigenvalue weighted by molar-refractivity contribution is 7.99. The number of imidazole rings is 1. The lowest BCUT2D eigenvalue weighted by molar-refractivity contribution is -0.195. The fourth-order valence-electron chi connectivity index (χ4n) is 4.09. The number of ether oxygens (including phenoxy) is 2. The average Bonchev–Trinajstić information content (AvgIpc) is 3.27. The van der Waals surface area contributed by atoms with Crippen LogP contribution in [-0.2, 0) is 13.9 Å². The quantitative estimate of drug-likeness (QED) is 0.253. The van der Waals surface area contributed by atoms with Crippen LogP contribution < -0.4 is 0 Å². The second-order valence-electron chi connectivity index (χ2n) is 10.7. The number of H-pyrrole nitrogens is 1. The molecule has 5 nitrogen and oxygen atoms in total. The summed E-state index contributed by atoms with van der Waals surface area (Å²) >= 11 is 1.70. The average molecular weight is 511 g/mol. The first-order valence-electron chi connectivity index (χ1n) is 12.4. The van der Waals surface area contributed by atoms with Gasteiger partial charge in [0.05, 0.1) is 23.6 Å². The Morgan fingerprint density at radius 1 is 1.00 bits per heavy atom. The first-order valence-corrected chi connectivity index (χ1v) is 16.3. The second kappa shape index (κ2) is 11.0. The predicted molar refractivity (Wildman–Crippen MR) is 147 cm³/mol. The summed E-state index contributed by atoms with van der Waals surface area (Å²) in [5.74, 6) is 0.785. The van der Waals surface area contributed by atoms with E-state index in [1.165, 1.54) is 0 Å². The lowest BCUT2D eigenvalue weighted by atomic mass is 10.1. The topological polar surface area (TPSA) is 56.4 Å². The number of hydrogen-bond donors (Lipinski definition) is 1. The Balaban J connectivity index is 1.50. The maximum atomic E-state index is 6.74. The van der Waals surface area contributed by atoms with Crippen molar-refractivity contribution in [3.8, 4) is 22.5 Å². The van der Waals surface area contributed by atoms with Gasteiger partial charge in [-0.25, -0.2) is 4.98 Å². The van der Waals surface area contributed by atoms with Gasteiger partial charge in [-0.2, -0.15) is 0 Å². The minimum atomic E-state index is -1.87. The van der Waals surface area contributed by atoms with Crippen LogP contribution in [0.15, 0.2) is 65.8 Å². The molecule has 0 radical (unpaired) electrons. The first kappa shape index (κ1) is 26.2. The normalized spacial score (nSPS) is 21.3. The van der Waals surface area contributed by atoms with Crippen LogP contribution in [0.5, 0.6) is 0 Å². The van der Waals surface area contributed by atoms with Gasteiger partial charge in [-0.1, -0.05) is 93.2 Å². The van der Waals surface area contributed by atoms with Crippen LogP contribution in [0.1, 0.15) is 33.6 Å². The highest BCUT2D eigenvalue weighted by Gasteiger charge is 2.41. The van der Waals surface area contributed by atoms with Crippen LogP contribution in [-0.4, -0.2) is 49.6 Å². The van der Waals surface area contributed by atoms with Gasteiger partial charge >= 0.3 is 0 Å². The Kier molecular flexibility index (Phi) is 8.23. The summed E-state index contributed by atoms with van der Waals surface area (Å²) in [4.78, 5) is 8.56. The molecule has 0 bridgehead atoms. The van der Waals surface area contributed by atoms with Gasteiger partial charge in [0.1, 0.15) is 0 Å². The summed E-state index contributed by atoms with van der Waals surface area (Å²) in [6, 6.07) is 20.7. The Bertz CT molecular complexity index is 1030. The number of aromatic amines is 1. The fourth-order valence-corrected chi connectivity index (χ4v) is 6.36. The van der Waals surface area contributed by atoms with Crippen molar-refractivity contribution in [3.05, 3.63) is 60.7 Å². The molecule has 7 heteroatoms. The number of hydrogen-bond acceptors (Lipinski definition) is 5. The SMILES string of the molecule is CO[C@@H]1C[C@H](O[Si](C)(C)C(C)(C)C)C[C@@H](CSc2nc(-c3ccccc3)c(-c3ccccc3)[nH]2)O1. The van der Waals surface area contributed by atoms with E-state index in [1.807, 2.05) is 12.1 Å². The lowest BCUT2D eigenvalue weighted by Gasteiger charge is -2.43. The molecule has 1 saturated heterocycles. The van der Waals surface area contributed by atoms with Gasteiger partial charge in [-0.05, 0) is 24.6 Å². The number of nitrogens with one attached hydrogen (secondary N) is 1. The maximum absolute atomic E-state index is 6.74. The Hall–Kier alpha value is -1.90. The maximum Gasteiger partial charge on any atom is 0.192 e. The van der Waals surface area contributed by atoms with Crippen molar-refractivity contribution in [1.82, 2.24) is 9.97 Å². The molecular formula is C28H38N2O3SSi. The molecule has 1 aliphatic heterocycles. The number of nitrogens with zero attached hydrogens (tertiary/aromatic N) is 1. The van der Waals surface area contributed by atoms with Crippen molar-refractivity contribution in [3.63, 3.8) is 0 Å². The number of thioether (sulfide) groups is 1. The van der Waals surface area contributed by atoms with Crippen molar-refractivity contribution in [1.29, 1.82) is 0 Å². The molecule has 3 atom stereocenters. The van der Waals surface area contributed by atoms with Crippen molar-refractivity contribution in [2.75, 3.05) is 12.9 Å². The number of rotatable bonds is 8. The summed E-state index contributed by atoms with van der Waals surface area (Å²) < 4.78 is 18.6. The molecular weight excluding hydrogens is 472 g/mol. The summed E-state index contributed by atoms with van der Waals surface area (Å²) in [7, 11) is -0.150. The minimum Gasteiger partial charge on any atom is -0.414 e. The first-order chi connectivity index (χ1) is 16.7. The zero-order chi connectivity index (χ0) is 25.1. The lowest BCUT2D eigenvalue weighted by Crippen LogP contribution is -2.48. The van der Waals surface area contributed by atoms with Crippen molar-refractivity contribution >= 4 is 20.1 Å². The summed E-state index contributed by atoms with van der Waals surface area (Å²) in [6.07, 6.45) is 1.61. The van der Waals surface area contributed by atoms with Crippen molar-refractivity contribution in [2.24, 2.45) is 0 Å². The van der Waals surface area contributed by atoms with E-state index in [4.69, 9.17) is 18.9 Å². The van der Waals surface area contributed by atoms with E-state index in [0.29, 0.717) is 0 Å². The highest BCUT2D eigenvalue weighted by Crippen LogP contribution is 2.40. The van der Waals surface area contributed by atoms with Crippen LogP contribution in [0.25, 0.3) is 22.5 Å². The standard InChI is InChI=1S/C28H38N2O3SSi/c1-28(2,3)35(5,6)33-22-17-23(32-24(18-22)31-4)19-34-27-29-25(20-13-9-7-10-14-20)26(30-27)21-15-11-8-12-16-21/h7-16,22-24H,17-19H2,1-6H3,(H,29,30)/t22-,23+,24+/m1/s1. The van der Waals surface area contributed by atoms with E-state index in [0.717, 1.165) is 46.3 Å².